The summed E-state index contributed by atoms with van der Waals surface area (Å²) in [5.41, 5.74) is 2.64. The van der Waals surface area contributed by atoms with Gasteiger partial charge in [0.05, 0.1) is 11.5 Å². The van der Waals surface area contributed by atoms with Crippen LogP contribution >= 0.6 is 0 Å². The van der Waals surface area contributed by atoms with Crippen molar-refractivity contribution < 1.29 is 14.3 Å². The molecular formula is C24H33NO3. The third-order valence-corrected chi connectivity index (χ3v) is 6.87. The quantitative estimate of drug-likeness (QED) is 0.438. The maximum absolute atomic E-state index is 12.8. The average Bonchev–Trinajstić information content (AvgIpc) is 3.25. The molecule has 0 N–H and O–H groups in total. The van der Waals surface area contributed by atoms with Crippen molar-refractivity contribution in [3.05, 3.63) is 47.5 Å². The van der Waals surface area contributed by atoms with Gasteiger partial charge in [-0.25, -0.2) is 0 Å². The largest absolute Gasteiger partial charge is 0.459 e. The number of fused-ring (bicyclic) bond motifs is 3. The third-order valence-electron chi connectivity index (χ3n) is 6.87. The molecule has 2 heterocycles. The number of epoxide rings is 1. The predicted molar refractivity (Wildman–Crippen MR) is 110 cm³/mol. The first kappa shape index (κ1) is 19.7. The number of carbonyl (C=O) groups is 1. The summed E-state index contributed by atoms with van der Waals surface area (Å²) >= 11 is 0. The van der Waals surface area contributed by atoms with Crippen molar-refractivity contribution in [3.63, 3.8) is 0 Å². The smallest absolute Gasteiger partial charge is 0.311 e. The van der Waals surface area contributed by atoms with Crippen LogP contribution in [0.25, 0.3) is 0 Å². The summed E-state index contributed by atoms with van der Waals surface area (Å²) in [4.78, 5) is 15.1. The van der Waals surface area contributed by atoms with Gasteiger partial charge < -0.3 is 14.4 Å². The molecule has 0 amide bonds. The monoisotopic (exact) mass is 383 g/mol. The number of nitrogens with zero attached hydrogens (tertiary/aromatic N) is 1. The van der Waals surface area contributed by atoms with E-state index < -0.39 is 0 Å². The lowest BCUT2D eigenvalue weighted by atomic mass is 9.80. The van der Waals surface area contributed by atoms with Crippen LogP contribution in [0.3, 0.4) is 0 Å². The Bertz CT molecular complexity index is 731. The predicted octanol–water partition coefficient (Wildman–Crippen LogP) is 4.00. The van der Waals surface area contributed by atoms with Gasteiger partial charge in [0.1, 0.15) is 12.2 Å². The van der Waals surface area contributed by atoms with Gasteiger partial charge in [-0.15, -0.1) is 0 Å². The van der Waals surface area contributed by atoms with Gasteiger partial charge in [-0.3, -0.25) is 4.79 Å². The van der Waals surface area contributed by atoms with E-state index in [1.165, 1.54) is 11.1 Å². The summed E-state index contributed by atoms with van der Waals surface area (Å²) in [6, 6.07) is 10.5. The average molecular weight is 384 g/mol. The van der Waals surface area contributed by atoms with Crippen LogP contribution in [0.1, 0.15) is 45.1 Å². The van der Waals surface area contributed by atoms with Crippen molar-refractivity contribution in [2.75, 3.05) is 20.1 Å². The number of hydrogen-bond donors (Lipinski definition) is 0. The van der Waals surface area contributed by atoms with Gasteiger partial charge in [0, 0.05) is 19.0 Å². The number of ether oxygens (including phenoxy) is 2. The van der Waals surface area contributed by atoms with Gasteiger partial charge in [-0.2, -0.15) is 0 Å². The molecule has 152 valence electrons. The fourth-order valence-corrected chi connectivity index (χ4v) is 4.94. The lowest BCUT2D eigenvalue weighted by molar-refractivity contribution is -0.145. The number of rotatable bonds is 5. The third kappa shape index (κ3) is 4.18. The molecule has 0 radical (unpaired) electrons. The summed E-state index contributed by atoms with van der Waals surface area (Å²) in [6.45, 7) is 6.09. The molecule has 28 heavy (non-hydrogen) atoms. The van der Waals surface area contributed by atoms with E-state index in [-0.39, 0.29) is 35.6 Å². The van der Waals surface area contributed by atoms with Crippen LogP contribution in [0.4, 0.5) is 0 Å². The Balaban J connectivity index is 1.42. The minimum Gasteiger partial charge on any atom is -0.459 e. The second kappa shape index (κ2) is 8.00. The van der Waals surface area contributed by atoms with Gasteiger partial charge in [-0.05, 0) is 58.6 Å². The van der Waals surface area contributed by atoms with Gasteiger partial charge in [-0.1, -0.05) is 42.0 Å². The van der Waals surface area contributed by atoms with Crippen molar-refractivity contribution in [1.29, 1.82) is 0 Å². The first-order valence-corrected chi connectivity index (χ1v) is 10.7. The molecule has 4 rings (SSSR count). The lowest BCUT2D eigenvalue weighted by Crippen LogP contribution is -2.35. The number of carbonyl (C=O) groups excluding carboxylic acids is 1. The number of likely N-dealkylation sites (N-methyl/N-ethyl adjacent to an activating group) is 1. The summed E-state index contributed by atoms with van der Waals surface area (Å²) in [5.74, 6) is 0.173. The molecule has 0 saturated carbocycles. The minimum atomic E-state index is -0.120. The Morgan fingerprint density at radius 1 is 1.25 bits per heavy atom. The highest BCUT2D eigenvalue weighted by Gasteiger charge is 2.62. The molecule has 0 unspecified atom stereocenters. The normalized spacial score (nSPS) is 36.9. The molecule has 2 fully saturated rings. The number of hydrogen-bond acceptors (Lipinski definition) is 4. The Morgan fingerprint density at radius 3 is 2.82 bits per heavy atom. The molecule has 1 aliphatic carbocycles. The van der Waals surface area contributed by atoms with E-state index in [0.29, 0.717) is 0 Å². The van der Waals surface area contributed by atoms with E-state index >= 15 is 0 Å². The second-order valence-electron chi connectivity index (χ2n) is 9.15. The van der Waals surface area contributed by atoms with E-state index in [1.807, 2.05) is 6.07 Å². The van der Waals surface area contributed by atoms with Crippen LogP contribution in [-0.4, -0.2) is 48.8 Å². The topological polar surface area (TPSA) is 42.1 Å². The fraction of sp³-hybridized carbons (Fsp3) is 0.625. The van der Waals surface area contributed by atoms with E-state index in [9.17, 15) is 4.79 Å². The number of esters is 1. The van der Waals surface area contributed by atoms with Crippen LogP contribution in [0.5, 0.6) is 0 Å². The molecule has 2 aliphatic heterocycles. The highest BCUT2D eigenvalue weighted by Crippen LogP contribution is 2.50. The number of benzene rings is 1. The molecule has 1 aromatic carbocycles. The molecule has 0 bridgehead atoms. The maximum Gasteiger partial charge on any atom is 0.311 e. The first-order valence-electron chi connectivity index (χ1n) is 10.7. The summed E-state index contributed by atoms with van der Waals surface area (Å²) in [6.07, 6.45) is 7.47. The molecule has 3 aliphatic rings. The highest BCUT2D eigenvalue weighted by atomic mass is 16.6. The zero-order valence-electron chi connectivity index (χ0n) is 17.4. The standard InChI is InChI=1S/C24H33NO3/c1-17-8-7-14-24(2)22(28-24)21-19(12-11-17)20(23(26)27-21)16-25(3)15-13-18-9-5-4-6-10-18/h4-6,8-10,19-22H,7,11-16H2,1-3H3/b17-8+/t19-,20-,21-,22+,24+/m0/s1. The molecule has 0 spiro atoms. The highest BCUT2D eigenvalue weighted by molar-refractivity contribution is 5.75. The van der Waals surface area contributed by atoms with Crippen molar-refractivity contribution in [2.45, 2.75) is 63.8 Å². The summed E-state index contributed by atoms with van der Waals surface area (Å²) in [5, 5.41) is 0. The Labute approximate surface area is 168 Å². The molecule has 2 saturated heterocycles. The molecule has 4 heteroatoms. The van der Waals surface area contributed by atoms with Crippen LogP contribution in [-0.2, 0) is 20.7 Å². The van der Waals surface area contributed by atoms with Gasteiger partial charge in [0.2, 0.25) is 0 Å². The summed E-state index contributed by atoms with van der Waals surface area (Å²) in [7, 11) is 2.12. The van der Waals surface area contributed by atoms with E-state index in [4.69, 9.17) is 9.47 Å². The van der Waals surface area contributed by atoms with E-state index in [2.05, 4.69) is 56.1 Å². The van der Waals surface area contributed by atoms with Crippen LogP contribution < -0.4 is 0 Å². The Morgan fingerprint density at radius 2 is 2.04 bits per heavy atom. The Hall–Kier alpha value is -1.65. The van der Waals surface area contributed by atoms with Crippen molar-refractivity contribution in [3.8, 4) is 0 Å². The zero-order chi connectivity index (χ0) is 19.7. The fourth-order valence-electron chi connectivity index (χ4n) is 4.94. The molecule has 4 nitrogen and oxygen atoms in total. The molecule has 0 aromatic heterocycles. The minimum absolute atomic E-state index is 0.0275. The van der Waals surface area contributed by atoms with Gasteiger partial charge in [0.25, 0.3) is 0 Å². The van der Waals surface area contributed by atoms with Crippen molar-refractivity contribution in [1.82, 2.24) is 4.90 Å². The van der Waals surface area contributed by atoms with Crippen LogP contribution in [0.15, 0.2) is 42.0 Å². The molecule has 5 atom stereocenters. The zero-order valence-corrected chi connectivity index (χ0v) is 17.4. The lowest BCUT2D eigenvalue weighted by Gasteiger charge is -2.25. The van der Waals surface area contributed by atoms with Gasteiger partial charge >= 0.3 is 5.97 Å². The van der Waals surface area contributed by atoms with Crippen LogP contribution in [0.2, 0.25) is 0 Å². The first-order chi connectivity index (χ1) is 13.5. The molecule has 1 aromatic rings. The summed E-state index contributed by atoms with van der Waals surface area (Å²) < 4.78 is 12.0. The van der Waals surface area contributed by atoms with Crippen molar-refractivity contribution in [2.24, 2.45) is 11.8 Å². The SMILES string of the molecule is C/C1=C\CC[C@@]2(C)O[C@@H]2[C@H]2OC(=O)[C@@H](CN(C)CCc3ccccc3)[C@@H]2CC1. The number of allylic oxidation sites excluding steroid dienone is 2. The second-order valence-corrected chi connectivity index (χ2v) is 9.15. The van der Waals surface area contributed by atoms with E-state index in [0.717, 1.165) is 45.2 Å². The van der Waals surface area contributed by atoms with Crippen LogP contribution in [0, 0.1) is 11.8 Å². The van der Waals surface area contributed by atoms with Gasteiger partial charge in [0.15, 0.2) is 0 Å². The maximum atomic E-state index is 12.8. The molecular weight excluding hydrogens is 350 g/mol. The Kier molecular flexibility index (Phi) is 5.62. The van der Waals surface area contributed by atoms with Crippen molar-refractivity contribution >= 4 is 5.97 Å². The van der Waals surface area contributed by atoms with E-state index in [1.54, 1.807) is 0 Å².